The van der Waals surface area contributed by atoms with Gasteiger partial charge in [0.15, 0.2) is 0 Å². The fourth-order valence-electron chi connectivity index (χ4n) is 4.25. The fraction of sp³-hybridized carbons (Fsp3) is 0.381. The predicted octanol–water partition coefficient (Wildman–Crippen LogP) is 4.21. The number of benzene rings is 2. The highest BCUT2D eigenvalue weighted by Gasteiger charge is 2.51. The minimum Gasteiger partial charge on any atom is -0.447 e. The molecule has 0 saturated carbocycles. The van der Waals surface area contributed by atoms with Crippen molar-refractivity contribution < 1.29 is 13.9 Å². The molecule has 2 fully saturated rings. The Bertz CT molecular complexity index is 798. The lowest BCUT2D eigenvalue weighted by Gasteiger charge is -2.46. The molecule has 2 heterocycles. The van der Waals surface area contributed by atoms with Gasteiger partial charge in [0.25, 0.3) is 0 Å². The number of carbonyl (C=O) groups excluding carboxylic acids is 1. The average molecular weight is 354 g/mol. The zero-order valence-corrected chi connectivity index (χ0v) is 14.9. The molecule has 2 aliphatic rings. The second-order valence-corrected chi connectivity index (χ2v) is 7.35. The van der Waals surface area contributed by atoms with Crippen molar-refractivity contribution in [1.29, 1.82) is 0 Å². The minimum atomic E-state index is -0.391. The number of hydrogen-bond donors (Lipinski definition) is 0. The van der Waals surface area contributed by atoms with Crippen molar-refractivity contribution in [3.8, 4) is 0 Å². The summed E-state index contributed by atoms with van der Waals surface area (Å²) in [5.74, 6) is -0.341. The smallest absolute Gasteiger partial charge is 0.415 e. The van der Waals surface area contributed by atoms with Gasteiger partial charge in [0.1, 0.15) is 12.4 Å². The Morgan fingerprint density at radius 2 is 2.00 bits per heavy atom. The Kier molecular flexibility index (Phi) is 4.41. The van der Waals surface area contributed by atoms with Gasteiger partial charge >= 0.3 is 6.09 Å². The van der Waals surface area contributed by atoms with Crippen LogP contribution in [0.2, 0.25) is 0 Å². The number of rotatable bonds is 3. The van der Waals surface area contributed by atoms with E-state index in [2.05, 4.69) is 36.1 Å². The Morgan fingerprint density at radius 3 is 2.73 bits per heavy atom. The van der Waals surface area contributed by atoms with Gasteiger partial charge in [-0.2, -0.15) is 0 Å². The molecular weight excluding hydrogens is 331 g/mol. The van der Waals surface area contributed by atoms with E-state index in [0.717, 1.165) is 25.9 Å². The molecule has 2 atom stereocenters. The molecule has 2 saturated heterocycles. The molecule has 2 aliphatic heterocycles. The second kappa shape index (κ2) is 6.72. The van der Waals surface area contributed by atoms with Crippen LogP contribution in [0.4, 0.5) is 14.9 Å². The molecule has 2 aromatic rings. The largest absolute Gasteiger partial charge is 0.447 e. The number of anilines is 1. The average Bonchev–Trinajstić information content (AvgIpc) is 2.94. The molecule has 0 unspecified atom stereocenters. The summed E-state index contributed by atoms with van der Waals surface area (Å²) in [5, 5.41) is 0. The van der Waals surface area contributed by atoms with Crippen molar-refractivity contribution >= 4 is 11.8 Å². The first-order chi connectivity index (χ1) is 12.6. The van der Waals surface area contributed by atoms with Gasteiger partial charge in [-0.3, -0.25) is 9.80 Å². The van der Waals surface area contributed by atoms with Crippen molar-refractivity contribution in [2.45, 2.75) is 37.9 Å². The lowest BCUT2D eigenvalue weighted by molar-refractivity contribution is 0.0866. The molecule has 1 spiro atoms. The number of carbonyl (C=O) groups is 1. The number of amides is 1. The third-order valence-corrected chi connectivity index (χ3v) is 5.58. The first-order valence-corrected chi connectivity index (χ1v) is 9.08. The van der Waals surface area contributed by atoms with Gasteiger partial charge in [0, 0.05) is 19.1 Å². The van der Waals surface area contributed by atoms with Crippen molar-refractivity contribution in [1.82, 2.24) is 4.90 Å². The Balaban J connectivity index is 1.55. The zero-order chi connectivity index (χ0) is 18.1. The maximum atomic E-state index is 13.7. The van der Waals surface area contributed by atoms with Gasteiger partial charge in [-0.1, -0.05) is 36.4 Å². The van der Waals surface area contributed by atoms with E-state index in [4.69, 9.17) is 4.74 Å². The zero-order valence-electron chi connectivity index (χ0n) is 14.9. The van der Waals surface area contributed by atoms with E-state index in [1.165, 1.54) is 17.7 Å². The number of likely N-dealkylation sites (tertiary alicyclic amines) is 1. The summed E-state index contributed by atoms with van der Waals surface area (Å²) in [7, 11) is 0. The molecule has 0 N–H and O–H groups in total. The molecule has 4 rings (SSSR count). The van der Waals surface area contributed by atoms with E-state index in [0.29, 0.717) is 18.3 Å². The summed E-state index contributed by atoms with van der Waals surface area (Å²) in [6.07, 6.45) is 1.24. The third kappa shape index (κ3) is 3.07. The van der Waals surface area contributed by atoms with E-state index >= 15 is 0 Å². The number of nitrogens with zero attached hydrogens (tertiary/aromatic N) is 2. The number of piperidine rings is 1. The fourth-order valence-corrected chi connectivity index (χ4v) is 4.25. The van der Waals surface area contributed by atoms with Crippen molar-refractivity contribution in [3.63, 3.8) is 0 Å². The topological polar surface area (TPSA) is 32.8 Å². The molecule has 0 aliphatic carbocycles. The molecule has 136 valence electrons. The van der Waals surface area contributed by atoms with Crippen LogP contribution in [0.3, 0.4) is 0 Å². The highest BCUT2D eigenvalue weighted by Crippen LogP contribution is 2.40. The predicted molar refractivity (Wildman–Crippen MR) is 98.5 cm³/mol. The van der Waals surface area contributed by atoms with Crippen molar-refractivity contribution in [3.05, 3.63) is 66.0 Å². The van der Waals surface area contributed by atoms with Crippen LogP contribution in [0.1, 0.15) is 25.3 Å². The molecule has 2 aromatic carbocycles. The van der Waals surface area contributed by atoms with Crippen LogP contribution in [0, 0.1) is 5.82 Å². The molecule has 26 heavy (non-hydrogen) atoms. The van der Waals surface area contributed by atoms with E-state index < -0.39 is 5.54 Å². The van der Waals surface area contributed by atoms with Crippen LogP contribution >= 0.6 is 0 Å². The van der Waals surface area contributed by atoms with Gasteiger partial charge in [-0.25, -0.2) is 9.18 Å². The molecule has 4 nitrogen and oxygen atoms in total. The Hall–Kier alpha value is -2.40. The summed E-state index contributed by atoms with van der Waals surface area (Å²) >= 11 is 0. The van der Waals surface area contributed by atoms with Crippen molar-refractivity contribution in [2.75, 3.05) is 18.1 Å². The van der Waals surface area contributed by atoms with Crippen LogP contribution in [0.25, 0.3) is 0 Å². The molecule has 5 heteroatoms. The number of hydrogen-bond acceptors (Lipinski definition) is 3. The summed E-state index contributed by atoms with van der Waals surface area (Å²) in [5.41, 5.74) is 1.48. The van der Waals surface area contributed by atoms with Gasteiger partial charge in [0.2, 0.25) is 0 Å². The minimum absolute atomic E-state index is 0.300. The van der Waals surface area contributed by atoms with E-state index in [1.54, 1.807) is 17.0 Å². The number of ether oxygens (including phenoxy) is 1. The SMILES string of the molecule is C[C@H]1C[C@]2(CCN1Cc1ccccc1)COC(=O)N2c1cccc(F)c1. The second-order valence-electron chi connectivity index (χ2n) is 7.35. The monoisotopic (exact) mass is 354 g/mol. The van der Waals surface area contributed by atoms with Crippen LogP contribution in [0.5, 0.6) is 0 Å². The first-order valence-electron chi connectivity index (χ1n) is 9.08. The summed E-state index contributed by atoms with van der Waals surface area (Å²) in [4.78, 5) is 16.5. The van der Waals surface area contributed by atoms with Crippen LogP contribution in [-0.4, -0.2) is 35.7 Å². The first kappa shape index (κ1) is 17.0. The molecule has 0 radical (unpaired) electrons. The van der Waals surface area contributed by atoms with Gasteiger partial charge in [-0.15, -0.1) is 0 Å². The van der Waals surface area contributed by atoms with Crippen LogP contribution in [0.15, 0.2) is 54.6 Å². The maximum absolute atomic E-state index is 13.7. The molecule has 1 amide bonds. The Labute approximate surface area is 153 Å². The lowest BCUT2D eigenvalue weighted by atomic mass is 9.83. The third-order valence-electron chi connectivity index (χ3n) is 5.58. The lowest BCUT2D eigenvalue weighted by Crippen LogP contribution is -2.57. The van der Waals surface area contributed by atoms with Crippen LogP contribution in [-0.2, 0) is 11.3 Å². The summed E-state index contributed by atoms with van der Waals surface area (Å²) in [6, 6.07) is 16.9. The molecular formula is C21H23FN2O2. The summed E-state index contributed by atoms with van der Waals surface area (Å²) < 4.78 is 19.1. The Morgan fingerprint density at radius 1 is 1.19 bits per heavy atom. The standard InChI is InChI=1S/C21H23FN2O2/c1-16-13-21(10-11-23(16)14-17-6-3-2-4-7-17)15-26-20(25)24(21)19-9-5-8-18(22)12-19/h2-9,12,16H,10-11,13-15H2,1H3/t16-,21+/m0/s1. The van der Waals surface area contributed by atoms with Crippen LogP contribution < -0.4 is 4.90 Å². The highest BCUT2D eigenvalue weighted by molar-refractivity contribution is 5.91. The quantitative estimate of drug-likeness (QED) is 0.828. The number of halogens is 1. The molecule has 0 aromatic heterocycles. The van der Waals surface area contributed by atoms with E-state index in [9.17, 15) is 9.18 Å². The number of cyclic esters (lactones) is 1. The normalized spacial score (nSPS) is 26.3. The maximum Gasteiger partial charge on any atom is 0.415 e. The van der Waals surface area contributed by atoms with Gasteiger partial charge in [0.05, 0.1) is 11.2 Å². The van der Waals surface area contributed by atoms with E-state index in [-0.39, 0.29) is 11.9 Å². The summed E-state index contributed by atoms with van der Waals surface area (Å²) in [6.45, 7) is 4.33. The molecule has 0 bridgehead atoms. The van der Waals surface area contributed by atoms with E-state index in [1.807, 2.05) is 6.07 Å². The van der Waals surface area contributed by atoms with Gasteiger partial charge in [-0.05, 0) is 43.5 Å². The highest BCUT2D eigenvalue weighted by atomic mass is 19.1. The van der Waals surface area contributed by atoms with Gasteiger partial charge < -0.3 is 4.74 Å². The van der Waals surface area contributed by atoms with Crippen molar-refractivity contribution in [2.24, 2.45) is 0 Å².